The summed E-state index contributed by atoms with van der Waals surface area (Å²) in [5.74, 6) is -0.630. The fourth-order valence-corrected chi connectivity index (χ4v) is 11.2. The highest BCUT2D eigenvalue weighted by atomic mass is 35.5. The zero-order chi connectivity index (χ0) is 33.1. The molecule has 0 aromatic heterocycles. The van der Waals surface area contributed by atoms with E-state index >= 15 is 0 Å². The van der Waals surface area contributed by atoms with E-state index < -0.39 is 32.0 Å². The summed E-state index contributed by atoms with van der Waals surface area (Å²) in [5, 5.41) is 0.378. The van der Waals surface area contributed by atoms with Crippen molar-refractivity contribution in [3.63, 3.8) is 0 Å². The van der Waals surface area contributed by atoms with Crippen LogP contribution in [0.2, 0.25) is 10.0 Å². The standard InChI is InChI=1S/C32H37Cl2FN3O6S2/c1-32(2)13-8-29-22(20-32)21-44-31(39)38(29,25-9-14-36(15-10-25)45(40,41)27-5-3-4-24(35)19-27)26-11-16-37(17-12-26)46(42,43)30-7-6-23(33)18-28(30)34/h3-8,18-20,25-26H,9-17,21H2,1-2H3/q+1. The summed E-state index contributed by atoms with van der Waals surface area (Å²) in [6.45, 7) is 5.05. The summed E-state index contributed by atoms with van der Waals surface area (Å²) in [5.41, 5.74) is 1.69. The van der Waals surface area contributed by atoms with E-state index in [0.29, 0.717) is 37.1 Å². The summed E-state index contributed by atoms with van der Waals surface area (Å²) < 4.78 is 76.6. The molecule has 9 nitrogen and oxygen atoms in total. The maximum Gasteiger partial charge on any atom is 0.522 e. The van der Waals surface area contributed by atoms with E-state index in [4.69, 9.17) is 27.9 Å². The molecule has 0 bridgehead atoms. The molecule has 1 aliphatic carbocycles. The lowest BCUT2D eigenvalue weighted by molar-refractivity contribution is -0.875. The minimum atomic E-state index is -3.94. The zero-order valence-electron chi connectivity index (χ0n) is 25.7. The van der Waals surface area contributed by atoms with E-state index in [1.807, 2.05) is 0 Å². The SMILES string of the molecule is CC1(C)C=C2COC(=O)[N+](C3CCN(S(=O)(=O)c4cccc(F)c4)CC3)(C3CCN(S(=O)(=O)c4ccc(Cl)cc4Cl)CC3)C2=CC1. The number of rotatable bonds is 6. The Labute approximate surface area is 279 Å². The first-order valence-corrected chi connectivity index (χ1v) is 19.0. The van der Waals surface area contributed by atoms with Gasteiger partial charge in [0, 0.05) is 62.5 Å². The molecule has 3 heterocycles. The van der Waals surface area contributed by atoms with Crippen molar-refractivity contribution in [3.05, 3.63) is 81.7 Å². The van der Waals surface area contributed by atoms with Crippen LogP contribution >= 0.6 is 23.2 Å². The van der Waals surface area contributed by atoms with Crippen LogP contribution < -0.4 is 0 Å². The Balaban J connectivity index is 1.31. The molecule has 0 saturated carbocycles. The molecule has 3 saturated heterocycles. The quantitative estimate of drug-likeness (QED) is 0.324. The molecule has 248 valence electrons. The summed E-state index contributed by atoms with van der Waals surface area (Å²) in [6.07, 6.45) is 6.12. The highest BCUT2D eigenvalue weighted by Crippen LogP contribution is 2.48. The monoisotopic (exact) mass is 712 g/mol. The number of quaternary nitrogens is 1. The number of halogens is 3. The number of cyclic esters (lactones) is 1. The van der Waals surface area contributed by atoms with Crippen LogP contribution in [0.15, 0.2) is 75.7 Å². The van der Waals surface area contributed by atoms with Gasteiger partial charge in [0.15, 0.2) is 0 Å². The Kier molecular flexibility index (Phi) is 8.97. The summed E-state index contributed by atoms with van der Waals surface area (Å²) >= 11 is 12.3. The number of piperidine rings is 2. The molecular weight excluding hydrogens is 676 g/mol. The first-order valence-electron chi connectivity index (χ1n) is 15.4. The molecule has 46 heavy (non-hydrogen) atoms. The number of nitrogens with zero attached hydrogens (tertiary/aromatic N) is 3. The molecule has 14 heteroatoms. The number of ether oxygens (including phenoxy) is 1. The average Bonchev–Trinajstić information content (AvgIpc) is 3.01. The third-order valence-electron chi connectivity index (χ3n) is 9.71. The molecule has 1 atom stereocenters. The van der Waals surface area contributed by atoms with Gasteiger partial charge in [-0.25, -0.2) is 21.2 Å². The van der Waals surface area contributed by atoms with E-state index in [1.165, 1.54) is 45.0 Å². The molecule has 3 fully saturated rings. The van der Waals surface area contributed by atoms with Crippen LogP contribution in [-0.2, 0) is 24.8 Å². The first-order chi connectivity index (χ1) is 21.7. The summed E-state index contributed by atoms with van der Waals surface area (Å²) in [6, 6.07) is 8.66. The Bertz CT molecular complexity index is 1830. The van der Waals surface area contributed by atoms with Gasteiger partial charge in [-0.3, -0.25) is 0 Å². The number of benzene rings is 2. The number of hydrogen-bond donors (Lipinski definition) is 0. The van der Waals surface area contributed by atoms with Crippen molar-refractivity contribution in [2.75, 3.05) is 32.8 Å². The number of sulfonamides is 2. The van der Waals surface area contributed by atoms with E-state index in [1.54, 1.807) is 0 Å². The van der Waals surface area contributed by atoms with Gasteiger partial charge < -0.3 is 4.74 Å². The van der Waals surface area contributed by atoms with Crippen molar-refractivity contribution in [1.29, 1.82) is 0 Å². The third-order valence-corrected chi connectivity index (χ3v) is 14.2. The van der Waals surface area contributed by atoms with Crippen molar-refractivity contribution >= 4 is 49.3 Å². The Morgan fingerprint density at radius 2 is 1.50 bits per heavy atom. The van der Waals surface area contributed by atoms with Crippen LogP contribution in [0, 0.1) is 11.2 Å². The summed E-state index contributed by atoms with van der Waals surface area (Å²) in [4.78, 5) is 14.1. The molecule has 1 unspecified atom stereocenters. The third kappa shape index (κ3) is 5.84. The molecule has 3 aliphatic heterocycles. The van der Waals surface area contributed by atoms with Crippen LogP contribution in [0.5, 0.6) is 0 Å². The van der Waals surface area contributed by atoms with Crippen molar-refractivity contribution in [2.24, 2.45) is 5.41 Å². The Morgan fingerprint density at radius 1 is 0.891 bits per heavy atom. The van der Waals surface area contributed by atoms with E-state index in [9.17, 15) is 26.0 Å². The van der Waals surface area contributed by atoms with Gasteiger partial charge in [0.2, 0.25) is 20.0 Å². The molecule has 0 spiro atoms. The molecule has 2 aromatic carbocycles. The Morgan fingerprint density at radius 3 is 2.09 bits per heavy atom. The van der Waals surface area contributed by atoms with Gasteiger partial charge in [-0.1, -0.05) is 49.2 Å². The number of carbonyl (C=O) groups excluding carboxylic acids is 1. The van der Waals surface area contributed by atoms with Gasteiger partial charge in [0.25, 0.3) is 0 Å². The molecular formula is C32H37Cl2FN3O6S2+. The van der Waals surface area contributed by atoms with Gasteiger partial charge in [-0.2, -0.15) is 17.9 Å². The minimum absolute atomic E-state index is 0.0207. The van der Waals surface area contributed by atoms with Crippen LogP contribution in [0.3, 0.4) is 0 Å². The minimum Gasteiger partial charge on any atom is -0.415 e. The van der Waals surface area contributed by atoms with Crippen molar-refractivity contribution in [1.82, 2.24) is 8.61 Å². The lowest BCUT2D eigenvalue weighted by atomic mass is 9.79. The van der Waals surface area contributed by atoms with E-state index in [0.717, 1.165) is 17.3 Å². The number of carbonyl (C=O) groups is 1. The fraction of sp³-hybridized carbons (Fsp3) is 0.469. The highest BCUT2D eigenvalue weighted by Gasteiger charge is 2.60. The fourth-order valence-electron chi connectivity index (χ4n) is 7.51. The first kappa shape index (κ1) is 33.6. The predicted octanol–water partition coefficient (Wildman–Crippen LogP) is 6.35. The van der Waals surface area contributed by atoms with Crippen molar-refractivity contribution in [3.8, 4) is 0 Å². The number of amides is 1. The molecule has 0 N–H and O–H groups in total. The van der Waals surface area contributed by atoms with Crippen LogP contribution in [0.25, 0.3) is 0 Å². The van der Waals surface area contributed by atoms with E-state index in [2.05, 4.69) is 26.0 Å². The lowest BCUT2D eigenvalue weighted by Crippen LogP contribution is -2.69. The van der Waals surface area contributed by atoms with E-state index in [-0.39, 0.29) is 69.6 Å². The molecule has 6 rings (SSSR count). The van der Waals surface area contributed by atoms with Crippen LogP contribution in [-0.4, -0.2) is 80.9 Å². The van der Waals surface area contributed by atoms with Gasteiger partial charge in [-0.15, -0.1) is 0 Å². The second kappa shape index (κ2) is 12.3. The maximum atomic E-state index is 14.2. The van der Waals surface area contributed by atoms with Gasteiger partial charge in [0.1, 0.15) is 35.1 Å². The second-order valence-electron chi connectivity index (χ2n) is 13.1. The summed E-state index contributed by atoms with van der Waals surface area (Å²) in [7, 11) is -7.86. The smallest absolute Gasteiger partial charge is 0.415 e. The van der Waals surface area contributed by atoms with Crippen LogP contribution in [0.4, 0.5) is 9.18 Å². The highest BCUT2D eigenvalue weighted by molar-refractivity contribution is 7.89. The topological polar surface area (TPSA) is 101 Å². The van der Waals surface area contributed by atoms with Crippen LogP contribution in [0.1, 0.15) is 46.0 Å². The molecule has 2 aromatic rings. The lowest BCUT2D eigenvalue weighted by Gasteiger charge is -2.53. The largest absolute Gasteiger partial charge is 0.522 e. The van der Waals surface area contributed by atoms with Crippen molar-refractivity contribution in [2.45, 2.75) is 67.8 Å². The predicted molar refractivity (Wildman–Crippen MR) is 173 cm³/mol. The molecule has 1 amide bonds. The molecule has 4 aliphatic rings. The maximum absolute atomic E-state index is 14.2. The number of allylic oxidation sites excluding steroid dienone is 2. The number of fused-ring (bicyclic) bond motifs is 1. The van der Waals surface area contributed by atoms with Gasteiger partial charge >= 0.3 is 6.09 Å². The second-order valence-corrected chi connectivity index (χ2v) is 17.8. The molecule has 0 radical (unpaired) electrons. The van der Waals surface area contributed by atoms with Gasteiger partial charge in [-0.05, 0) is 54.3 Å². The average molecular weight is 714 g/mol. The number of hydrogen-bond acceptors (Lipinski definition) is 6. The van der Waals surface area contributed by atoms with Gasteiger partial charge in [0.05, 0.1) is 9.92 Å². The zero-order valence-corrected chi connectivity index (χ0v) is 28.8. The van der Waals surface area contributed by atoms with Crippen molar-refractivity contribution < 1.29 is 35.2 Å². The normalized spacial score (nSPS) is 25.4. The Hall–Kier alpha value is -2.32.